The van der Waals surface area contributed by atoms with Gasteiger partial charge in [0.15, 0.2) is 0 Å². The normalized spacial score (nSPS) is 10.3. The van der Waals surface area contributed by atoms with Crippen LogP contribution in [0.1, 0.15) is 5.56 Å². The van der Waals surface area contributed by atoms with Crippen molar-refractivity contribution >= 4 is 23.1 Å². The molecule has 2 rings (SSSR count). The van der Waals surface area contributed by atoms with Gasteiger partial charge < -0.3 is 5.32 Å². The molecule has 0 spiro atoms. The van der Waals surface area contributed by atoms with E-state index in [0.29, 0.717) is 18.8 Å². The summed E-state index contributed by atoms with van der Waals surface area (Å²) < 4.78 is 13.0. The minimum Gasteiger partial charge on any atom is -0.369 e. The molecule has 104 valence electrons. The Morgan fingerprint density at radius 1 is 1.35 bits per heavy atom. The summed E-state index contributed by atoms with van der Waals surface area (Å²) in [6.07, 6.45) is 0.569. The lowest BCUT2D eigenvalue weighted by atomic mass is 10.1. The van der Waals surface area contributed by atoms with Crippen molar-refractivity contribution < 1.29 is 9.31 Å². The quantitative estimate of drug-likeness (QED) is 0.521. The summed E-state index contributed by atoms with van der Waals surface area (Å²) >= 11 is 5.71. The van der Waals surface area contributed by atoms with Gasteiger partial charge in [0.1, 0.15) is 16.8 Å². The number of hydrogen-bond acceptors (Lipinski definition) is 4. The Bertz CT molecular complexity index is 637. The summed E-state index contributed by atoms with van der Waals surface area (Å²) in [5, 5.41) is 13.7. The average Bonchev–Trinajstić information content (AvgIpc) is 2.38. The largest absolute Gasteiger partial charge is 0.369 e. The highest BCUT2D eigenvalue weighted by molar-refractivity contribution is 6.29. The first-order valence-corrected chi connectivity index (χ1v) is 6.23. The minimum atomic E-state index is -0.536. The maximum atomic E-state index is 13.0. The summed E-state index contributed by atoms with van der Waals surface area (Å²) in [6.45, 7) is 0.466. The second-order valence-electron chi connectivity index (χ2n) is 4.10. The van der Waals surface area contributed by atoms with Crippen LogP contribution in [-0.2, 0) is 6.42 Å². The molecule has 0 saturated carbocycles. The lowest BCUT2D eigenvalue weighted by Gasteiger charge is -2.06. The molecule has 0 radical (unpaired) electrons. The van der Waals surface area contributed by atoms with Gasteiger partial charge in [-0.15, -0.1) is 0 Å². The van der Waals surface area contributed by atoms with E-state index in [-0.39, 0.29) is 16.7 Å². The molecule has 20 heavy (non-hydrogen) atoms. The Balaban J connectivity index is 1.99. The van der Waals surface area contributed by atoms with Crippen molar-refractivity contribution in [3.05, 3.63) is 63.0 Å². The number of nitro groups is 1. The summed E-state index contributed by atoms with van der Waals surface area (Å²) in [6, 6.07) is 8.73. The van der Waals surface area contributed by atoms with Gasteiger partial charge in [0.25, 0.3) is 5.69 Å². The van der Waals surface area contributed by atoms with Crippen LogP contribution in [0.15, 0.2) is 36.4 Å². The molecule has 2 aromatic rings. The first-order chi connectivity index (χ1) is 9.54. The fourth-order valence-corrected chi connectivity index (χ4v) is 1.91. The number of halogens is 2. The third-order valence-corrected chi connectivity index (χ3v) is 2.79. The molecule has 0 bridgehead atoms. The molecule has 1 heterocycles. The minimum absolute atomic E-state index is 0.0486. The van der Waals surface area contributed by atoms with Crippen molar-refractivity contribution in [1.29, 1.82) is 0 Å². The van der Waals surface area contributed by atoms with Gasteiger partial charge in [0.2, 0.25) is 0 Å². The smallest absolute Gasteiger partial charge is 0.276 e. The zero-order valence-corrected chi connectivity index (χ0v) is 11.1. The molecule has 7 heteroatoms. The fraction of sp³-hybridized carbons (Fsp3) is 0.154. The fourth-order valence-electron chi connectivity index (χ4n) is 1.71. The second-order valence-corrected chi connectivity index (χ2v) is 4.48. The van der Waals surface area contributed by atoms with Gasteiger partial charge in [-0.2, -0.15) is 0 Å². The van der Waals surface area contributed by atoms with Gasteiger partial charge in [0.05, 0.1) is 17.1 Å². The van der Waals surface area contributed by atoms with E-state index in [4.69, 9.17) is 11.6 Å². The number of rotatable bonds is 5. The number of benzene rings is 1. The summed E-state index contributed by atoms with van der Waals surface area (Å²) in [7, 11) is 0. The van der Waals surface area contributed by atoms with Crippen LogP contribution in [0.25, 0.3) is 0 Å². The molecule has 1 aromatic heterocycles. The van der Waals surface area contributed by atoms with Crippen LogP contribution in [0, 0.1) is 15.9 Å². The monoisotopic (exact) mass is 295 g/mol. The molecule has 0 atom stereocenters. The first-order valence-electron chi connectivity index (χ1n) is 5.85. The zero-order chi connectivity index (χ0) is 14.5. The predicted octanol–water partition coefficient (Wildman–Crippen LogP) is 3.44. The van der Waals surface area contributed by atoms with E-state index in [0.717, 1.165) is 5.56 Å². The number of aromatic nitrogens is 1. The van der Waals surface area contributed by atoms with Gasteiger partial charge >= 0.3 is 0 Å². The number of hydrogen-bond donors (Lipinski definition) is 1. The van der Waals surface area contributed by atoms with Crippen molar-refractivity contribution in [2.75, 3.05) is 11.9 Å². The Morgan fingerprint density at radius 3 is 2.85 bits per heavy atom. The van der Waals surface area contributed by atoms with E-state index in [1.807, 2.05) is 0 Å². The van der Waals surface area contributed by atoms with Gasteiger partial charge in [0, 0.05) is 6.54 Å². The molecular weight excluding hydrogens is 285 g/mol. The van der Waals surface area contributed by atoms with Crippen LogP contribution in [0.3, 0.4) is 0 Å². The third-order valence-electron chi connectivity index (χ3n) is 2.60. The van der Waals surface area contributed by atoms with Crippen LogP contribution < -0.4 is 5.32 Å². The van der Waals surface area contributed by atoms with Gasteiger partial charge in [-0.05, 0) is 24.1 Å². The molecule has 0 saturated heterocycles. The Kier molecular flexibility index (Phi) is 4.47. The molecule has 0 fully saturated rings. The van der Waals surface area contributed by atoms with Crippen molar-refractivity contribution in [3.63, 3.8) is 0 Å². The van der Waals surface area contributed by atoms with Crippen LogP contribution >= 0.6 is 11.6 Å². The van der Waals surface area contributed by atoms with Crippen LogP contribution in [0.2, 0.25) is 5.15 Å². The van der Waals surface area contributed by atoms with Gasteiger partial charge in [-0.1, -0.05) is 23.7 Å². The summed E-state index contributed by atoms with van der Waals surface area (Å²) in [4.78, 5) is 14.1. The maximum absolute atomic E-state index is 13.0. The second kappa shape index (κ2) is 6.29. The van der Waals surface area contributed by atoms with E-state index >= 15 is 0 Å². The third kappa shape index (κ3) is 3.89. The van der Waals surface area contributed by atoms with E-state index < -0.39 is 4.92 Å². The lowest BCUT2D eigenvalue weighted by molar-refractivity contribution is -0.384. The standard InChI is InChI=1S/C13H11ClFN3O2/c14-12-7-11(18(19)20)8-13(17-12)16-5-4-9-2-1-3-10(15)6-9/h1-3,6-8H,4-5H2,(H,16,17). The van der Waals surface area contributed by atoms with Crippen molar-refractivity contribution in [1.82, 2.24) is 4.98 Å². The molecule has 0 aliphatic carbocycles. The van der Waals surface area contributed by atoms with Crippen LogP contribution in [0.5, 0.6) is 0 Å². The van der Waals surface area contributed by atoms with Gasteiger partial charge in [-0.3, -0.25) is 10.1 Å². The molecular formula is C13H11ClFN3O2. The number of nitrogens with one attached hydrogen (secondary N) is 1. The molecule has 1 N–H and O–H groups in total. The Hall–Kier alpha value is -2.21. The number of nitrogens with zero attached hydrogens (tertiary/aromatic N) is 2. The van der Waals surface area contributed by atoms with E-state index in [2.05, 4.69) is 10.3 Å². The molecule has 0 unspecified atom stereocenters. The van der Waals surface area contributed by atoms with Crippen molar-refractivity contribution in [3.8, 4) is 0 Å². The zero-order valence-electron chi connectivity index (χ0n) is 10.3. The molecule has 5 nitrogen and oxygen atoms in total. The van der Waals surface area contributed by atoms with E-state index in [9.17, 15) is 14.5 Å². The van der Waals surface area contributed by atoms with Crippen LogP contribution in [0.4, 0.5) is 15.9 Å². The Morgan fingerprint density at radius 2 is 2.15 bits per heavy atom. The highest BCUT2D eigenvalue weighted by atomic mass is 35.5. The summed E-state index contributed by atoms with van der Waals surface area (Å²) in [5.74, 6) is 0.0274. The Labute approximate surface area is 119 Å². The highest BCUT2D eigenvalue weighted by Crippen LogP contribution is 2.20. The highest BCUT2D eigenvalue weighted by Gasteiger charge is 2.09. The van der Waals surface area contributed by atoms with Crippen molar-refractivity contribution in [2.45, 2.75) is 6.42 Å². The number of pyridine rings is 1. The van der Waals surface area contributed by atoms with Gasteiger partial charge in [-0.25, -0.2) is 9.37 Å². The first kappa shape index (κ1) is 14.2. The lowest BCUT2D eigenvalue weighted by Crippen LogP contribution is -2.07. The topological polar surface area (TPSA) is 68.1 Å². The number of anilines is 1. The molecule has 1 aromatic carbocycles. The average molecular weight is 296 g/mol. The van der Waals surface area contributed by atoms with E-state index in [1.165, 1.54) is 24.3 Å². The van der Waals surface area contributed by atoms with Crippen LogP contribution in [-0.4, -0.2) is 16.5 Å². The molecule has 0 aliphatic rings. The SMILES string of the molecule is O=[N+]([O-])c1cc(Cl)nc(NCCc2cccc(F)c2)c1. The molecule has 0 amide bonds. The predicted molar refractivity (Wildman–Crippen MR) is 74.5 cm³/mol. The molecule has 0 aliphatic heterocycles. The summed E-state index contributed by atoms with van der Waals surface area (Å²) in [5.41, 5.74) is 0.701. The maximum Gasteiger partial charge on any atom is 0.276 e. The van der Waals surface area contributed by atoms with E-state index in [1.54, 1.807) is 12.1 Å². The van der Waals surface area contributed by atoms with Crippen molar-refractivity contribution in [2.24, 2.45) is 0 Å².